The average molecular weight is 381 g/mol. The number of fused-ring (bicyclic) bond motifs is 2. The first-order valence-electron chi connectivity index (χ1n) is 9.29. The van der Waals surface area contributed by atoms with Gasteiger partial charge in [-0.25, -0.2) is 4.98 Å². The van der Waals surface area contributed by atoms with Crippen molar-refractivity contribution in [1.29, 1.82) is 0 Å². The molecule has 0 aliphatic carbocycles. The maximum absolute atomic E-state index is 6.16. The second-order valence-electron chi connectivity index (χ2n) is 6.93. The molecule has 0 unspecified atom stereocenters. The molecule has 0 spiro atoms. The van der Waals surface area contributed by atoms with Gasteiger partial charge in [0.2, 0.25) is 0 Å². The van der Waals surface area contributed by atoms with Crippen LogP contribution in [0.5, 0.6) is 11.5 Å². The summed E-state index contributed by atoms with van der Waals surface area (Å²) in [6, 6.07) is 19.5. The van der Waals surface area contributed by atoms with Crippen LogP contribution in [0.25, 0.3) is 21.7 Å². The van der Waals surface area contributed by atoms with Gasteiger partial charge in [-0.2, -0.15) is 5.10 Å². The third kappa shape index (κ3) is 3.21. The monoisotopic (exact) mass is 381 g/mol. The molecule has 0 amide bonds. The van der Waals surface area contributed by atoms with E-state index < -0.39 is 0 Å². The predicted octanol–water partition coefficient (Wildman–Crippen LogP) is 5.54. The van der Waals surface area contributed by atoms with Gasteiger partial charge in [0.15, 0.2) is 0 Å². The highest BCUT2D eigenvalue weighted by Crippen LogP contribution is 2.34. The van der Waals surface area contributed by atoms with Gasteiger partial charge in [0, 0.05) is 39.8 Å². The fourth-order valence-corrected chi connectivity index (χ4v) is 3.51. The highest BCUT2D eigenvalue weighted by atomic mass is 16.5. The Morgan fingerprint density at radius 2 is 1.86 bits per heavy atom. The van der Waals surface area contributed by atoms with Gasteiger partial charge >= 0.3 is 0 Å². The van der Waals surface area contributed by atoms with Crippen molar-refractivity contribution in [1.82, 2.24) is 15.2 Å². The topological polar surface area (TPSA) is 88.8 Å². The van der Waals surface area contributed by atoms with Crippen molar-refractivity contribution in [2.24, 2.45) is 0 Å². The molecule has 0 atom stereocenters. The Labute approximate surface area is 167 Å². The standard InChI is InChI=1S/C23H19N5O/c1-14-10-16(11-15-13-26-28-23(14)15)27-22-12-17(8-9-25-22)29-21-7-6-20(24)18-4-2-3-5-19(18)21/h2-13H,24H2,1H3,(H,25,27)(H,26,28). The first-order chi connectivity index (χ1) is 14.2. The summed E-state index contributed by atoms with van der Waals surface area (Å²) in [5.41, 5.74) is 9.92. The molecular weight excluding hydrogens is 362 g/mol. The van der Waals surface area contributed by atoms with Crippen LogP contribution in [-0.2, 0) is 0 Å². The maximum Gasteiger partial charge on any atom is 0.135 e. The van der Waals surface area contributed by atoms with Crippen LogP contribution in [0.2, 0.25) is 0 Å². The number of anilines is 3. The molecule has 0 saturated carbocycles. The first kappa shape index (κ1) is 17.1. The minimum atomic E-state index is 0.693. The molecule has 4 N–H and O–H groups in total. The molecule has 142 valence electrons. The normalized spacial score (nSPS) is 11.1. The summed E-state index contributed by atoms with van der Waals surface area (Å²) in [6.07, 6.45) is 3.53. The predicted molar refractivity (Wildman–Crippen MR) is 117 cm³/mol. The number of ether oxygens (including phenoxy) is 1. The molecule has 5 rings (SSSR count). The minimum Gasteiger partial charge on any atom is -0.457 e. The van der Waals surface area contributed by atoms with Crippen molar-refractivity contribution in [2.75, 3.05) is 11.1 Å². The number of nitrogens with two attached hydrogens (primary N) is 1. The van der Waals surface area contributed by atoms with Crippen LogP contribution in [0.1, 0.15) is 5.56 Å². The number of H-pyrrole nitrogens is 1. The number of nitrogens with one attached hydrogen (secondary N) is 2. The van der Waals surface area contributed by atoms with Gasteiger partial charge in [0.05, 0.1) is 11.7 Å². The molecule has 3 aromatic carbocycles. The summed E-state index contributed by atoms with van der Waals surface area (Å²) in [5, 5.41) is 13.5. The smallest absolute Gasteiger partial charge is 0.135 e. The Balaban J connectivity index is 1.45. The van der Waals surface area contributed by atoms with Crippen molar-refractivity contribution in [3.8, 4) is 11.5 Å². The molecule has 6 heteroatoms. The molecule has 29 heavy (non-hydrogen) atoms. The number of aromatic amines is 1. The number of nitrogens with zero attached hydrogens (tertiary/aromatic N) is 2. The minimum absolute atomic E-state index is 0.693. The second-order valence-corrected chi connectivity index (χ2v) is 6.93. The molecule has 0 saturated heterocycles. The fraction of sp³-hybridized carbons (Fsp3) is 0.0435. The molecule has 2 heterocycles. The SMILES string of the molecule is Cc1cc(Nc2cc(Oc3ccc(N)c4ccccc34)ccn2)cc2cn[nH]c12. The van der Waals surface area contributed by atoms with Gasteiger partial charge in [-0.05, 0) is 42.8 Å². The lowest BCUT2D eigenvalue weighted by atomic mass is 10.1. The van der Waals surface area contributed by atoms with Crippen LogP contribution >= 0.6 is 0 Å². The number of hydrogen-bond acceptors (Lipinski definition) is 5. The van der Waals surface area contributed by atoms with E-state index in [4.69, 9.17) is 10.5 Å². The van der Waals surface area contributed by atoms with Gasteiger partial charge in [0.25, 0.3) is 0 Å². The van der Waals surface area contributed by atoms with E-state index >= 15 is 0 Å². The van der Waals surface area contributed by atoms with Crippen LogP contribution in [0.3, 0.4) is 0 Å². The lowest BCUT2D eigenvalue weighted by Gasteiger charge is -2.12. The van der Waals surface area contributed by atoms with Crippen molar-refractivity contribution in [3.05, 3.63) is 78.6 Å². The average Bonchev–Trinajstić information content (AvgIpc) is 3.20. The zero-order valence-electron chi connectivity index (χ0n) is 15.8. The number of benzene rings is 3. The lowest BCUT2D eigenvalue weighted by molar-refractivity contribution is 0.488. The Hall–Kier alpha value is -4.06. The number of aryl methyl sites for hydroxylation is 1. The van der Waals surface area contributed by atoms with Gasteiger partial charge in [-0.3, -0.25) is 5.10 Å². The van der Waals surface area contributed by atoms with Crippen molar-refractivity contribution < 1.29 is 4.74 Å². The zero-order valence-corrected chi connectivity index (χ0v) is 15.8. The summed E-state index contributed by atoms with van der Waals surface area (Å²) in [7, 11) is 0. The molecule has 0 aliphatic heterocycles. The maximum atomic E-state index is 6.16. The molecule has 6 nitrogen and oxygen atoms in total. The summed E-state index contributed by atoms with van der Waals surface area (Å²) in [4.78, 5) is 4.42. The molecule has 0 aliphatic rings. The zero-order chi connectivity index (χ0) is 19.8. The van der Waals surface area contributed by atoms with E-state index in [-0.39, 0.29) is 0 Å². The Morgan fingerprint density at radius 3 is 2.76 bits per heavy atom. The van der Waals surface area contributed by atoms with Crippen LogP contribution in [0.4, 0.5) is 17.2 Å². The third-order valence-electron chi connectivity index (χ3n) is 4.90. The second kappa shape index (κ2) is 6.83. The molecule has 0 bridgehead atoms. The quantitative estimate of drug-likeness (QED) is 0.356. The number of aromatic nitrogens is 3. The summed E-state index contributed by atoms with van der Waals surface area (Å²) >= 11 is 0. The van der Waals surface area contributed by atoms with Crippen LogP contribution in [0, 0.1) is 6.92 Å². The number of pyridine rings is 1. The van der Waals surface area contributed by atoms with E-state index in [9.17, 15) is 0 Å². The van der Waals surface area contributed by atoms with E-state index in [0.29, 0.717) is 11.6 Å². The number of hydrogen-bond donors (Lipinski definition) is 3. The van der Waals surface area contributed by atoms with Gasteiger partial charge in [0.1, 0.15) is 17.3 Å². The molecule has 0 fully saturated rings. The third-order valence-corrected chi connectivity index (χ3v) is 4.90. The molecular formula is C23H19N5O. The first-order valence-corrected chi connectivity index (χ1v) is 9.29. The van der Waals surface area contributed by atoms with Crippen molar-refractivity contribution in [2.45, 2.75) is 6.92 Å². The Bertz CT molecular complexity index is 1340. The van der Waals surface area contributed by atoms with Crippen LogP contribution < -0.4 is 15.8 Å². The van der Waals surface area contributed by atoms with Crippen molar-refractivity contribution >= 4 is 38.9 Å². The van der Waals surface area contributed by atoms with Gasteiger partial charge < -0.3 is 15.8 Å². The van der Waals surface area contributed by atoms with Crippen LogP contribution in [-0.4, -0.2) is 15.2 Å². The lowest BCUT2D eigenvalue weighted by Crippen LogP contribution is -1.95. The largest absolute Gasteiger partial charge is 0.457 e. The summed E-state index contributed by atoms with van der Waals surface area (Å²) in [5.74, 6) is 2.14. The van der Waals surface area contributed by atoms with E-state index in [0.717, 1.165) is 44.4 Å². The van der Waals surface area contributed by atoms with E-state index in [2.05, 4.69) is 26.6 Å². The fourth-order valence-electron chi connectivity index (χ4n) is 3.51. The molecule has 0 radical (unpaired) electrons. The van der Waals surface area contributed by atoms with E-state index in [1.807, 2.05) is 67.7 Å². The number of nitrogen functional groups attached to an aromatic ring is 1. The van der Waals surface area contributed by atoms with E-state index in [1.165, 1.54) is 0 Å². The van der Waals surface area contributed by atoms with Gasteiger partial charge in [-0.1, -0.05) is 24.3 Å². The van der Waals surface area contributed by atoms with Crippen LogP contribution in [0.15, 0.2) is 73.1 Å². The number of rotatable bonds is 4. The van der Waals surface area contributed by atoms with E-state index in [1.54, 1.807) is 6.20 Å². The highest BCUT2D eigenvalue weighted by Gasteiger charge is 2.08. The molecule has 5 aromatic rings. The van der Waals surface area contributed by atoms with Crippen molar-refractivity contribution in [3.63, 3.8) is 0 Å². The highest BCUT2D eigenvalue weighted by molar-refractivity contribution is 5.97. The Morgan fingerprint density at radius 1 is 1.00 bits per heavy atom. The summed E-state index contributed by atoms with van der Waals surface area (Å²) in [6.45, 7) is 2.05. The van der Waals surface area contributed by atoms with Gasteiger partial charge in [-0.15, -0.1) is 0 Å². The summed E-state index contributed by atoms with van der Waals surface area (Å²) < 4.78 is 6.16. The molecule has 2 aromatic heterocycles. The Kier molecular flexibility index (Phi) is 4.02.